The number of rotatable bonds is 2. The molecule has 2 rings (SSSR count). The summed E-state index contributed by atoms with van der Waals surface area (Å²) in [6, 6.07) is 10.1. The first-order chi connectivity index (χ1) is 6.42. The first-order valence-electron chi connectivity index (χ1n) is 3.98. The number of nitrogens with one attached hydrogen (secondary N) is 1. The maximum absolute atomic E-state index is 9.01. The van der Waals surface area contributed by atoms with Crippen LogP contribution in [0.2, 0.25) is 0 Å². The van der Waals surface area contributed by atoms with Crippen LogP contribution in [0.1, 0.15) is 16.5 Å². The molecular weight excluding hydrogens is 180 g/mol. The molecule has 2 heterocycles. The van der Waals surface area contributed by atoms with Crippen molar-refractivity contribution in [2.24, 2.45) is 0 Å². The standard InChI is InChI=1S/C10H8N2S/c11-7-8(9-3-1-5-12-9)10-4-2-6-13-10/h1-6,8,12H. The Morgan fingerprint density at radius 3 is 2.85 bits per heavy atom. The third-order valence-corrected chi connectivity index (χ3v) is 2.83. The molecule has 13 heavy (non-hydrogen) atoms. The minimum Gasteiger partial charge on any atom is -0.364 e. The molecule has 0 radical (unpaired) electrons. The van der Waals surface area contributed by atoms with Gasteiger partial charge >= 0.3 is 0 Å². The van der Waals surface area contributed by atoms with Gasteiger partial charge in [0, 0.05) is 16.8 Å². The van der Waals surface area contributed by atoms with E-state index in [1.807, 2.05) is 35.8 Å². The lowest BCUT2D eigenvalue weighted by molar-refractivity contribution is 1.01. The third-order valence-electron chi connectivity index (χ3n) is 1.89. The van der Waals surface area contributed by atoms with Crippen molar-refractivity contribution >= 4 is 11.3 Å². The number of hydrogen-bond acceptors (Lipinski definition) is 2. The Kier molecular flexibility index (Phi) is 2.15. The topological polar surface area (TPSA) is 39.6 Å². The van der Waals surface area contributed by atoms with E-state index in [0.29, 0.717) is 0 Å². The van der Waals surface area contributed by atoms with Crippen molar-refractivity contribution in [1.82, 2.24) is 4.98 Å². The second-order valence-electron chi connectivity index (χ2n) is 2.70. The highest BCUT2D eigenvalue weighted by Gasteiger charge is 2.14. The third kappa shape index (κ3) is 1.49. The number of nitrogens with zero attached hydrogens (tertiary/aromatic N) is 1. The number of hydrogen-bond donors (Lipinski definition) is 1. The van der Waals surface area contributed by atoms with E-state index in [0.717, 1.165) is 10.6 Å². The van der Waals surface area contributed by atoms with Crippen LogP contribution in [0, 0.1) is 11.3 Å². The van der Waals surface area contributed by atoms with Crippen LogP contribution in [0.25, 0.3) is 0 Å². The van der Waals surface area contributed by atoms with Crippen LogP contribution in [-0.4, -0.2) is 4.98 Å². The first-order valence-corrected chi connectivity index (χ1v) is 4.86. The number of aromatic amines is 1. The highest BCUT2D eigenvalue weighted by molar-refractivity contribution is 7.10. The van der Waals surface area contributed by atoms with Gasteiger partial charge in [0.1, 0.15) is 5.92 Å². The summed E-state index contributed by atoms with van der Waals surface area (Å²) in [5.74, 6) is -0.144. The summed E-state index contributed by atoms with van der Waals surface area (Å²) >= 11 is 1.61. The second-order valence-corrected chi connectivity index (χ2v) is 3.68. The zero-order valence-corrected chi connectivity index (χ0v) is 7.71. The van der Waals surface area contributed by atoms with E-state index >= 15 is 0 Å². The summed E-state index contributed by atoms with van der Waals surface area (Å²) in [5.41, 5.74) is 0.963. The number of H-pyrrole nitrogens is 1. The molecule has 0 aliphatic heterocycles. The SMILES string of the molecule is N#CC(c1ccc[nH]1)c1cccs1. The van der Waals surface area contributed by atoms with Gasteiger partial charge in [0.05, 0.1) is 6.07 Å². The second kappa shape index (κ2) is 3.46. The van der Waals surface area contributed by atoms with E-state index in [1.54, 1.807) is 11.3 Å². The minimum atomic E-state index is -0.144. The Morgan fingerprint density at radius 2 is 2.31 bits per heavy atom. The zero-order chi connectivity index (χ0) is 9.10. The minimum absolute atomic E-state index is 0.144. The zero-order valence-electron chi connectivity index (χ0n) is 6.90. The van der Waals surface area contributed by atoms with E-state index in [1.165, 1.54) is 0 Å². The van der Waals surface area contributed by atoms with Gasteiger partial charge in [0.25, 0.3) is 0 Å². The molecule has 0 aliphatic rings. The van der Waals surface area contributed by atoms with E-state index in [2.05, 4.69) is 11.1 Å². The van der Waals surface area contributed by atoms with Gasteiger partial charge in [0.15, 0.2) is 0 Å². The molecule has 3 heteroatoms. The van der Waals surface area contributed by atoms with Crippen LogP contribution in [0.5, 0.6) is 0 Å². The van der Waals surface area contributed by atoms with Crippen LogP contribution in [0.15, 0.2) is 35.8 Å². The van der Waals surface area contributed by atoms with Crippen LogP contribution in [-0.2, 0) is 0 Å². The van der Waals surface area contributed by atoms with Gasteiger partial charge in [-0.3, -0.25) is 0 Å². The van der Waals surface area contributed by atoms with Crippen molar-refractivity contribution in [3.8, 4) is 6.07 Å². The molecule has 0 saturated carbocycles. The molecule has 0 spiro atoms. The van der Waals surface area contributed by atoms with Gasteiger partial charge in [-0.05, 0) is 23.6 Å². The van der Waals surface area contributed by atoms with Gasteiger partial charge in [-0.2, -0.15) is 5.26 Å². The molecule has 2 nitrogen and oxygen atoms in total. The average Bonchev–Trinajstić information content (AvgIpc) is 2.76. The molecule has 0 aromatic carbocycles. The normalized spacial score (nSPS) is 12.2. The van der Waals surface area contributed by atoms with Gasteiger partial charge in [-0.25, -0.2) is 0 Å². The van der Waals surface area contributed by atoms with Gasteiger partial charge < -0.3 is 4.98 Å². The van der Waals surface area contributed by atoms with Crippen molar-refractivity contribution in [3.05, 3.63) is 46.4 Å². The summed E-state index contributed by atoms with van der Waals surface area (Å²) in [5, 5.41) is 11.0. The van der Waals surface area contributed by atoms with Gasteiger partial charge in [0.2, 0.25) is 0 Å². The van der Waals surface area contributed by atoms with Crippen molar-refractivity contribution < 1.29 is 0 Å². The molecule has 2 aromatic heterocycles. The van der Waals surface area contributed by atoms with E-state index < -0.39 is 0 Å². The lowest BCUT2D eigenvalue weighted by Gasteiger charge is -2.02. The summed E-state index contributed by atoms with van der Waals surface area (Å²) < 4.78 is 0. The Bertz CT molecular complexity index is 360. The highest BCUT2D eigenvalue weighted by Crippen LogP contribution is 2.26. The molecule has 0 aliphatic carbocycles. The molecule has 0 bridgehead atoms. The van der Waals surface area contributed by atoms with Gasteiger partial charge in [-0.1, -0.05) is 6.07 Å². The smallest absolute Gasteiger partial charge is 0.120 e. The number of aromatic nitrogens is 1. The molecular formula is C10H8N2S. The molecule has 0 saturated heterocycles. The van der Waals surface area contributed by atoms with Crippen LogP contribution in [0.3, 0.4) is 0 Å². The lowest BCUT2D eigenvalue weighted by Crippen LogP contribution is -1.94. The van der Waals surface area contributed by atoms with Crippen molar-refractivity contribution in [2.45, 2.75) is 5.92 Å². The molecule has 0 amide bonds. The van der Waals surface area contributed by atoms with Crippen molar-refractivity contribution in [2.75, 3.05) is 0 Å². The largest absolute Gasteiger partial charge is 0.364 e. The highest BCUT2D eigenvalue weighted by atomic mass is 32.1. The summed E-state index contributed by atoms with van der Waals surface area (Å²) in [6.45, 7) is 0. The number of thiophene rings is 1. The van der Waals surface area contributed by atoms with Crippen LogP contribution in [0.4, 0.5) is 0 Å². The van der Waals surface area contributed by atoms with E-state index in [4.69, 9.17) is 5.26 Å². The predicted octanol–water partition coefficient (Wildman–Crippen LogP) is 2.73. The molecule has 1 atom stereocenters. The van der Waals surface area contributed by atoms with Crippen LogP contribution < -0.4 is 0 Å². The Morgan fingerprint density at radius 1 is 1.38 bits per heavy atom. The Labute approximate surface area is 80.5 Å². The first kappa shape index (κ1) is 8.09. The fourth-order valence-electron chi connectivity index (χ4n) is 1.27. The Balaban J connectivity index is 2.36. The van der Waals surface area contributed by atoms with Crippen molar-refractivity contribution in [3.63, 3.8) is 0 Å². The predicted molar refractivity (Wildman–Crippen MR) is 52.6 cm³/mol. The summed E-state index contributed by atoms with van der Waals surface area (Å²) in [6.07, 6.45) is 1.84. The molecule has 2 aromatic rings. The summed E-state index contributed by atoms with van der Waals surface area (Å²) in [4.78, 5) is 4.15. The number of nitriles is 1. The fourth-order valence-corrected chi connectivity index (χ4v) is 2.05. The molecule has 1 N–H and O–H groups in total. The maximum atomic E-state index is 9.01. The fraction of sp³-hybridized carbons (Fsp3) is 0.100. The quantitative estimate of drug-likeness (QED) is 0.773. The van der Waals surface area contributed by atoms with E-state index in [9.17, 15) is 0 Å². The monoisotopic (exact) mass is 188 g/mol. The summed E-state index contributed by atoms with van der Waals surface area (Å²) in [7, 11) is 0. The van der Waals surface area contributed by atoms with Gasteiger partial charge in [-0.15, -0.1) is 11.3 Å². The Hall–Kier alpha value is -1.53. The van der Waals surface area contributed by atoms with E-state index in [-0.39, 0.29) is 5.92 Å². The molecule has 1 unspecified atom stereocenters. The van der Waals surface area contributed by atoms with Crippen LogP contribution >= 0.6 is 11.3 Å². The average molecular weight is 188 g/mol. The molecule has 64 valence electrons. The lowest BCUT2D eigenvalue weighted by atomic mass is 10.1. The molecule has 0 fully saturated rings. The maximum Gasteiger partial charge on any atom is 0.120 e. The van der Waals surface area contributed by atoms with Crippen molar-refractivity contribution in [1.29, 1.82) is 5.26 Å².